The monoisotopic (exact) mass is 480 g/mol. The molecule has 0 bridgehead atoms. The van der Waals surface area contributed by atoms with Gasteiger partial charge in [0.05, 0.1) is 12.7 Å². The Kier molecular flexibility index (Phi) is 9.22. The topological polar surface area (TPSA) is 65.0 Å². The molecule has 0 spiro atoms. The second-order valence-corrected chi connectivity index (χ2v) is 10.2. The summed E-state index contributed by atoms with van der Waals surface area (Å²) in [5.74, 6) is 2.82. The highest BCUT2D eigenvalue weighted by molar-refractivity contribution is 5.87. The van der Waals surface area contributed by atoms with Crippen molar-refractivity contribution < 1.29 is 24.1 Å². The van der Waals surface area contributed by atoms with Gasteiger partial charge in [0, 0.05) is 13.2 Å². The number of hydrogen-bond donors (Lipinski definition) is 1. The summed E-state index contributed by atoms with van der Waals surface area (Å²) >= 11 is 0. The van der Waals surface area contributed by atoms with Crippen LogP contribution >= 0.6 is 0 Å². The van der Waals surface area contributed by atoms with E-state index in [4.69, 9.17) is 19.3 Å². The van der Waals surface area contributed by atoms with Crippen molar-refractivity contribution in [2.45, 2.75) is 71.0 Å². The van der Waals surface area contributed by atoms with Crippen LogP contribution < -0.4 is 4.74 Å². The van der Waals surface area contributed by atoms with Crippen molar-refractivity contribution in [2.24, 2.45) is 17.8 Å². The van der Waals surface area contributed by atoms with Gasteiger partial charge in [-0.15, -0.1) is 0 Å². The Morgan fingerprint density at radius 3 is 2.60 bits per heavy atom. The van der Waals surface area contributed by atoms with E-state index in [2.05, 4.69) is 18.2 Å². The number of methoxy groups -OCH3 is 1. The smallest absolute Gasteiger partial charge is 0.335 e. The Morgan fingerprint density at radius 2 is 1.89 bits per heavy atom. The van der Waals surface area contributed by atoms with E-state index in [1.807, 2.05) is 6.92 Å². The molecule has 1 aliphatic heterocycles. The first kappa shape index (κ1) is 25.7. The minimum Gasteiger partial charge on any atom is -0.496 e. The maximum atomic E-state index is 10.3. The molecule has 2 aromatic carbocycles. The van der Waals surface area contributed by atoms with Crippen LogP contribution in [0.5, 0.6) is 5.75 Å². The van der Waals surface area contributed by atoms with Gasteiger partial charge in [-0.2, -0.15) is 0 Å². The lowest BCUT2D eigenvalue weighted by atomic mass is 9.74. The molecule has 1 N–H and O–H groups in total. The third kappa shape index (κ3) is 6.86. The standard InChI is InChI=1S/C22H32O3.C8H8O2/c1-23-21-8-4-6-17-14-19-16(10-11-18(19)15-20(17)21)7-5-13-25-22-9-2-3-12-24-22;1-6-2-4-7(5-3-6)8(9)10/h4,6,8,16,18-19,22H,2-3,5,7,9-15H2,1H3;2-5H,1H3,(H,9,10)/t16-,18?,19+,22?;/m0./s1. The fraction of sp³-hybridized carbons (Fsp3) is 0.567. The Bertz CT molecular complexity index is 948. The summed E-state index contributed by atoms with van der Waals surface area (Å²) < 4.78 is 17.2. The van der Waals surface area contributed by atoms with Crippen LogP contribution in [0.3, 0.4) is 0 Å². The highest BCUT2D eigenvalue weighted by Crippen LogP contribution is 2.48. The normalized spacial score (nSPS) is 25.1. The van der Waals surface area contributed by atoms with Gasteiger partial charge in [-0.25, -0.2) is 4.79 Å². The zero-order chi connectivity index (χ0) is 24.6. The number of aryl methyl sites for hydroxylation is 1. The number of carboxylic acids is 1. The van der Waals surface area contributed by atoms with Gasteiger partial charge in [0.15, 0.2) is 6.29 Å². The minimum atomic E-state index is -0.875. The number of hydrogen-bond acceptors (Lipinski definition) is 4. The highest BCUT2D eigenvalue weighted by Gasteiger charge is 2.39. The molecule has 190 valence electrons. The summed E-state index contributed by atoms with van der Waals surface area (Å²) in [7, 11) is 1.80. The van der Waals surface area contributed by atoms with Crippen molar-refractivity contribution in [1.29, 1.82) is 0 Å². The summed E-state index contributed by atoms with van der Waals surface area (Å²) in [5, 5.41) is 8.48. The van der Waals surface area contributed by atoms with Crippen LogP contribution in [0.4, 0.5) is 0 Å². The third-order valence-corrected chi connectivity index (χ3v) is 7.95. The second kappa shape index (κ2) is 12.5. The predicted molar refractivity (Wildman–Crippen MR) is 137 cm³/mol. The maximum absolute atomic E-state index is 10.3. The maximum Gasteiger partial charge on any atom is 0.335 e. The van der Waals surface area contributed by atoms with Crippen molar-refractivity contribution in [1.82, 2.24) is 0 Å². The molecule has 0 amide bonds. The van der Waals surface area contributed by atoms with E-state index < -0.39 is 5.97 Å². The average molecular weight is 481 g/mol. The van der Waals surface area contributed by atoms with Gasteiger partial charge in [0.2, 0.25) is 0 Å². The number of carboxylic acid groups (broad SMARTS) is 1. The van der Waals surface area contributed by atoms with E-state index >= 15 is 0 Å². The highest BCUT2D eigenvalue weighted by atomic mass is 16.7. The predicted octanol–water partition coefficient (Wildman–Crippen LogP) is 6.45. The molecule has 4 atom stereocenters. The van der Waals surface area contributed by atoms with Crippen molar-refractivity contribution >= 4 is 5.97 Å². The molecule has 5 heteroatoms. The molecule has 35 heavy (non-hydrogen) atoms. The second-order valence-electron chi connectivity index (χ2n) is 10.2. The molecule has 2 aromatic rings. The fourth-order valence-corrected chi connectivity index (χ4v) is 6.03. The quantitative estimate of drug-likeness (QED) is 0.461. The lowest BCUT2D eigenvalue weighted by Crippen LogP contribution is -2.26. The molecule has 5 nitrogen and oxygen atoms in total. The lowest BCUT2D eigenvalue weighted by molar-refractivity contribution is -0.163. The molecule has 1 saturated heterocycles. The first-order valence-electron chi connectivity index (χ1n) is 13.2. The lowest BCUT2D eigenvalue weighted by Gasteiger charge is -2.32. The largest absolute Gasteiger partial charge is 0.496 e. The van der Waals surface area contributed by atoms with Crippen molar-refractivity contribution in [3.63, 3.8) is 0 Å². The summed E-state index contributed by atoms with van der Waals surface area (Å²) in [6.07, 6.45) is 11.3. The summed E-state index contributed by atoms with van der Waals surface area (Å²) in [6, 6.07) is 13.3. The first-order valence-corrected chi connectivity index (χ1v) is 13.2. The molecule has 2 aliphatic carbocycles. The number of aromatic carboxylic acids is 1. The number of ether oxygens (including phenoxy) is 3. The summed E-state index contributed by atoms with van der Waals surface area (Å²) in [6.45, 7) is 3.66. The van der Waals surface area contributed by atoms with Gasteiger partial charge >= 0.3 is 5.97 Å². The van der Waals surface area contributed by atoms with Crippen molar-refractivity contribution in [3.8, 4) is 5.75 Å². The van der Waals surface area contributed by atoms with Crippen LogP contribution in [-0.2, 0) is 22.3 Å². The Hall–Kier alpha value is -2.37. The van der Waals surface area contributed by atoms with Crippen LogP contribution in [0.1, 0.15) is 72.0 Å². The molecule has 0 aromatic heterocycles. The first-order chi connectivity index (χ1) is 17.0. The van der Waals surface area contributed by atoms with Gasteiger partial charge in [0.1, 0.15) is 5.75 Å². The molecular formula is C30H40O5. The van der Waals surface area contributed by atoms with Crippen molar-refractivity contribution in [3.05, 3.63) is 64.7 Å². The average Bonchev–Trinajstić information content (AvgIpc) is 3.28. The van der Waals surface area contributed by atoms with Crippen LogP contribution in [0.15, 0.2) is 42.5 Å². The molecular weight excluding hydrogens is 440 g/mol. The van der Waals surface area contributed by atoms with Gasteiger partial charge in [-0.1, -0.05) is 29.8 Å². The summed E-state index contributed by atoms with van der Waals surface area (Å²) in [4.78, 5) is 10.3. The molecule has 5 rings (SSSR count). The van der Waals surface area contributed by atoms with E-state index in [-0.39, 0.29) is 6.29 Å². The van der Waals surface area contributed by atoms with Crippen LogP contribution in [0, 0.1) is 24.7 Å². The Balaban J connectivity index is 0.000000243. The molecule has 2 unspecified atom stereocenters. The SMILES string of the molecule is COc1cccc2c1CC1CC[C@H](CCCOC3CCCCO3)[C@H]1C2.Cc1ccc(C(=O)O)cc1. The Labute approximate surface area is 209 Å². The summed E-state index contributed by atoms with van der Waals surface area (Å²) in [5.41, 5.74) is 4.42. The van der Waals surface area contributed by atoms with Crippen LogP contribution in [-0.4, -0.2) is 37.7 Å². The van der Waals surface area contributed by atoms with Crippen LogP contribution in [0.2, 0.25) is 0 Å². The molecule has 0 radical (unpaired) electrons. The van der Waals surface area contributed by atoms with Gasteiger partial charge in [0.25, 0.3) is 0 Å². The molecule has 1 saturated carbocycles. The number of fused-ring (bicyclic) bond motifs is 2. The zero-order valence-electron chi connectivity index (χ0n) is 21.2. The Morgan fingerprint density at radius 1 is 1.06 bits per heavy atom. The van der Waals surface area contributed by atoms with E-state index in [1.165, 1.54) is 62.5 Å². The molecule has 3 aliphatic rings. The van der Waals surface area contributed by atoms with E-state index in [0.29, 0.717) is 5.56 Å². The number of rotatable bonds is 7. The third-order valence-electron chi connectivity index (χ3n) is 7.95. The van der Waals surface area contributed by atoms with Gasteiger partial charge in [-0.05, 0) is 112 Å². The van der Waals surface area contributed by atoms with Crippen molar-refractivity contribution in [2.75, 3.05) is 20.3 Å². The van der Waals surface area contributed by atoms with E-state index in [9.17, 15) is 4.79 Å². The molecule has 1 heterocycles. The minimum absolute atomic E-state index is 0.0686. The van der Waals surface area contributed by atoms with Crippen LogP contribution in [0.25, 0.3) is 0 Å². The fourth-order valence-electron chi connectivity index (χ4n) is 6.03. The molecule has 2 fully saturated rings. The van der Waals surface area contributed by atoms with Gasteiger partial charge in [-0.3, -0.25) is 0 Å². The van der Waals surface area contributed by atoms with E-state index in [0.717, 1.165) is 48.7 Å². The number of benzene rings is 2. The zero-order valence-corrected chi connectivity index (χ0v) is 21.2. The van der Waals surface area contributed by atoms with E-state index in [1.54, 1.807) is 31.4 Å². The number of carbonyl (C=O) groups is 1. The van der Waals surface area contributed by atoms with Gasteiger partial charge < -0.3 is 19.3 Å².